The fourth-order valence-electron chi connectivity index (χ4n) is 5.19. The molecule has 5 rings (SSSR count). The first-order chi connectivity index (χ1) is 18.0. The third-order valence-corrected chi connectivity index (χ3v) is 7.06. The number of phenolic OH excluding ortho intramolecular Hbond substituents is 1. The number of amides is 2. The lowest BCUT2D eigenvalue weighted by Crippen LogP contribution is -2.48. The maximum atomic E-state index is 15.2. The van der Waals surface area contributed by atoms with Crippen LogP contribution in [0.5, 0.6) is 5.75 Å². The molecule has 37 heavy (non-hydrogen) atoms. The topological polar surface area (TPSA) is 85.4 Å². The van der Waals surface area contributed by atoms with E-state index in [9.17, 15) is 14.7 Å². The summed E-state index contributed by atoms with van der Waals surface area (Å²) in [6, 6.07) is 18.7. The maximum absolute atomic E-state index is 15.2. The summed E-state index contributed by atoms with van der Waals surface area (Å²) in [5.74, 6) is -1.33. The first-order valence-electron chi connectivity index (χ1n) is 12.7. The molecule has 4 aromatic rings. The Balaban J connectivity index is 1.57. The molecule has 1 saturated carbocycles. The minimum absolute atomic E-state index is 0.00653. The Labute approximate surface area is 215 Å². The van der Waals surface area contributed by atoms with E-state index >= 15 is 4.39 Å². The molecule has 0 saturated heterocycles. The normalized spacial score (nSPS) is 14.8. The number of halogens is 1. The molecule has 0 radical (unpaired) electrons. The molecule has 6 nitrogen and oxygen atoms in total. The van der Waals surface area contributed by atoms with Gasteiger partial charge in [0.15, 0.2) is 0 Å². The molecule has 0 spiro atoms. The van der Waals surface area contributed by atoms with E-state index in [2.05, 4.69) is 10.3 Å². The monoisotopic (exact) mass is 499 g/mol. The van der Waals surface area contributed by atoms with Crippen LogP contribution < -0.4 is 10.2 Å². The number of phenols is 1. The summed E-state index contributed by atoms with van der Waals surface area (Å²) in [5, 5.41) is 13.9. The number of benzene rings is 3. The van der Waals surface area contributed by atoms with Gasteiger partial charge in [0.1, 0.15) is 17.6 Å². The molecule has 1 aliphatic rings. The number of hydrogen-bond donors (Lipinski definition) is 3. The quantitative estimate of drug-likeness (QED) is 0.301. The number of carbonyl (C=O) groups is 2. The predicted molar refractivity (Wildman–Crippen MR) is 142 cm³/mol. The van der Waals surface area contributed by atoms with Gasteiger partial charge in [-0.05, 0) is 54.3 Å². The molecule has 1 heterocycles. The van der Waals surface area contributed by atoms with Crippen molar-refractivity contribution in [2.45, 2.75) is 50.6 Å². The number of hydrogen-bond acceptors (Lipinski definition) is 3. The number of para-hydroxylation sites is 2. The van der Waals surface area contributed by atoms with Crippen molar-refractivity contribution < 1.29 is 19.1 Å². The molecule has 0 unspecified atom stereocenters. The van der Waals surface area contributed by atoms with Gasteiger partial charge in [0.05, 0.1) is 12.1 Å². The van der Waals surface area contributed by atoms with Gasteiger partial charge in [0.2, 0.25) is 11.8 Å². The Morgan fingerprint density at radius 3 is 2.43 bits per heavy atom. The number of carbonyl (C=O) groups excluding carboxylic acids is 2. The summed E-state index contributed by atoms with van der Waals surface area (Å²) in [7, 11) is 0. The highest BCUT2D eigenvalue weighted by Gasteiger charge is 2.35. The highest BCUT2D eigenvalue weighted by Crippen LogP contribution is 2.33. The van der Waals surface area contributed by atoms with E-state index in [1.54, 1.807) is 30.5 Å². The standard InChI is InChI=1S/C30H30FN3O3/c31-25-11-5-7-13-27(25)34(28(36)18-21-19-32-26-12-6-4-10-24(21)26)29(20-14-16-23(35)17-15-20)30(37)33-22-8-2-1-3-9-22/h4-7,10-17,19,22,29,32,35H,1-3,8-9,18H2,(H,33,37)/t29-/m0/s1. The van der Waals surface area contributed by atoms with Crippen LogP contribution in [0.4, 0.5) is 10.1 Å². The lowest BCUT2D eigenvalue weighted by Gasteiger charge is -2.33. The Bertz CT molecular complexity index is 1390. The summed E-state index contributed by atoms with van der Waals surface area (Å²) in [6.07, 6.45) is 6.70. The van der Waals surface area contributed by atoms with Gasteiger partial charge in [-0.2, -0.15) is 0 Å². The van der Waals surface area contributed by atoms with Gasteiger partial charge in [0.25, 0.3) is 0 Å². The second kappa shape index (κ2) is 10.9. The smallest absolute Gasteiger partial charge is 0.248 e. The molecule has 0 aliphatic heterocycles. The van der Waals surface area contributed by atoms with Crippen LogP contribution in [0.25, 0.3) is 10.9 Å². The molecule has 0 bridgehead atoms. The SMILES string of the molecule is O=C(NC1CCCCC1)[C@H](c1ccc(O)cc1)N(C(=O)Cc1c[nH]c2ccccc12)c1ccccc1F. The van der Waals surface area contributed by atoms with Gasteiger partial charge in [-0.1, -0.05) is 61.7 Å². The molecule has 1 aliphatic carbocycles. The van der Waals surface area contributed by atoms with Gasteiger partial charge >= 0.3 is 0 Å². The molecule has 1 fully saturated rings. The molecule has 1 atom stereocenters. The zero-order chi connectivity index (χ0) is 25.8. The summed E-state index contributed by atoms with van der Waals surface area (Å²) < 4.78 is 15.2. The molecule has 190 valence electrons. The number of rotatable bonds is 7. The van der Waals surface area contributed by atoms with E-state index in [4.69, 9.17) is 0 Å². The van der Waals surface area contributed by atoms with E-state index in [1.165, 1.54) is 29.2 Å². The Hall–Kier alpha value is -4.13. The number of nitrogens with zero attached hydrogens (tertiary/aromatic N) is 1. The van der Waals surface area contributed by atoms with E-state index in [1.807, 2.05) is 24.3 Å². The van der Waals surface area contributed by atoms with Crippen LogP contribution in [0.15, 0.2) is 79.0 Å². The molecule has 7 heteroatoms. The molecular weight excluding hydrogens is 469 g/mol. The second-order valence-corrected chi connectivity index (χ2v) is 9.59. The zero-order valence-corrected chi connectivity index (χ0v) is 20.5. The number of nitrogens with one attached hydrogen (secondary N) is 2. The summed E-state index contributed by atoms with van der Waals surface area (Å²) >= 11 is 0. The minimum atomic E-state index is -1.11. The third-order valence-electron chi connectivity index (χ3n) is 7.06. The highest BCUT2D eigenvalue weighted by atomic mass is 19.1. The minimum Gasteiger partial charge on any atom is -0.508 e. The van der Waals surface area contributed by atoms with Crippen LogP contribution in [0.2, 0.25) is 0 Å². The van der Waals surface area contributed by atoms with Gasteiger partial charge in [-0.15, -0.1) is 0 Å². The number of aromatic amines is 1. The van der Waals surface area contributed by atoms with Crippen molar-refractivity contribution in [2.24, 2.45) is 0 Å². The van der Waals surface area contributed by atoms with Crippen LogP contribution in [-0.4, -0.2) is 27.9 Å². The first kappa shape index (κ1) is 24.6. The summed E-state index contributed by atoms with van der Waals surface area (Å²) in [5.41, 5.74) is 2.18. The molecule has 3 N–H and O–H groups in total. The van der Waals surface area contributed by atoms with Crippen LogP contribution in [-0.2, 0) is 16.0 Å². The summed E-state index contributed by atoms with van der Waals surface area (Å²) in [4.78, 5) is 32.3. The van der Waals surface area contributed by atoms with E-state index in [0.717, 1.165) is 48.6 Å². The Kier molecular flexibility index (Phi) is 7.21. The van der Waals surface area contributed by atoms with E-state index < -0.39 is 17.8 Å². The number of H-pyrrole nitrogens is 1. The fraction of sp³-hybridized carbons (Fsp3) is 0.267. The number of fused-ring (bicyclic) bond motifs is 1. The average Bonchev–Trinajstić information content (AvgIpc) is 3.31. The Morgan fingerprint density at radius 1 is 0.973 bits per heavy atom. The number of aromatic nitrogens is 1. The van der Waals surface area contributed by atoms with Crippen LogP contribution >= 0.6 is 0 Å². The van der Waals surface area contributed by atoms with Crippen molar-refractivity contribution in [3.8, 4) is 5.75 Å². The Morgan fingerprint density at radius 2 is 1.68 bits per heavy atom. The molecule has 2 amide bonds. The molecule has 1 aromatic heterocycles. The average molecular weight is 500 g/mol. The third kappa shape index (κ3) is 5.35. The second-order valence-electron chi connectivity index (χ2n) is 9.59. The van der Waals surface area contributed by atoms with Crippen molar-refractivity contribution in [1.29, 1.82) is 0 Å². The van der Waals surface area contributed by atoms with Crippen LogP contribution in [0.1, 0.15) is 49.3 Å². The molecule has 3 aromatic carbocycles. The van der Waals surface area contributed by atoms with Gasteiger partial charge in [-0.25, -0.2) is 4.39 Å². The van der Waals surface area contributed by atoms with Crippen molar-refractivity contribution in [1.82, 2.24) is 10.3 Å². The maximum Gasteiger partial charge on any atom is 0.248 e. The highest BCUT2D eigenvalue weighted by molar-refractivity contribution is 6.03. The van der Waals surface area contributed by atoms with Crippen molar-refractivity contribution >= 4 is 28.4 Å². The van der Waals surface area contributed by atoms with Gasteiger partial charge < -0.3 is 15.4 Å². The van der Waals surface area contributed by atoms with Crippen molar-refractivity contribution in [2.75, 3.05) is 4.90 Å². The number of anilines is 1. The fourth-order valence-corrected chi connectivity index (χ4v) is 5.19. The summed E-state index contributed by atoms with van der Waals surface area (Å²) in [6.45, 7) is 0. The largest absolute Gasteiger partial charge is 0.508 e. The predicted octanol–water partition coefficient (Wildman–Crippen LogP) is 5.78. The zero-order valence-electron chi connectivity index (χ0n) is 20.5. The van der Waals surface area contributed by atoms with Crippen molar-refractivity contribution in [3.05, 3.63) is 95.9 Å². The van der Waals surface area contributed by atoms with Gasteiger partial charge in [-0.3, -0.25) is 14.5 Å². The van der Waals surface area contributed by atoms with Crippen LogP contribution in [0.3, 0.4) is 0 Å². The van der Waals surface area contributed by atoms with E-state index in [-0.39, 0.29) is 29.8 Å². The van der Waals surface area contributed by atoms with Crippen molar-refractivity contribution in [3.63, 3.8) is 0 Å². The number of aromatic hydroxyl groups is 1. The van der Waals surface area contributed by atoms with E-state index in [0.29, 0.717) is 5.56 Å². The van der Waals surface area contributed by atoms with Crippen LogP contribution in [0, 0.1) is 5.82 Å². The lowest BCUT2D eigenvalue weighted by atomic mass is 9.94. The van der Waals surface area contributed by atoms with Gasteiger partial charge in [0, 0.05) is 23.1 Å². The lowest BCUT2D eigenvalue weighted by molar-refractivity contribution is -0.127. The molecular formula is C30H30FN3O3. The first-order valence-corrected chi connectivity index (χ1v) is 12.7.